The second-order valence-electron chi connectivity index (χ2n) is 8.45. The highest BCUT2D eigenvalue weighted by atomic mass is 16.5. The third kappa shape index (κ3) is 3.33. The number of Topliss-reactive ketones (excluding diaryl/α,β-unsaturated/α-hetero) is 1. The van der Waals surface area contributed by atoms with Gasteiger partial charge >= 0.3 is 0 Å². The van der Waals surface area contributed by atoms with Crippen molar-refractivity contribution in [3.8, 4) is 11.8 Å². The number of hydrogen-bond acceptors (Lipinski definition) is 4. The van der Waals surface area contributed by atoms with E-state index in [1.54, 1.807) is 13.2 Å². The fourth-order valence-electron chi connectivity index (χ4n) is 4.86. The number of hydrogen-bond donors (Lipinski definition) is 1. The molecular formula is C24H27N3O2. The van der Waals surface area contributed by atoms with E-state index in [-0.39, 0.29) is 23.1 Å². The van der Waals surface area contributed by atoms with Gasteiger partial charge in [0.25, 0.3) is 0 Å². The maximum absolute atomic E-state index is 12.8. The lowest BCUT2D eigenvalue weighted by Gasteiger charge is -2.51. The van der Waals surface area contributed by atoms with E-state index in [1.165, 1.54) is 0 Å². The fraction of sp³-hybridized carbons (Fsp3) is 0.417. The molecule has 5 nitrogen and oxygen atoms in total. The number of methoxy groups -OCH3 is 1. The highest BCUT2D eigenvalue weighted by Crippen LogP contribution is 2.55. The molecule has 1 aromatic carbocycles. The lowest BCUT2D eigenvalue weighted by Crippen LogP contribution is -2.52. The van der Waals surface area contributed by atoms with Crippen LogP contribution in [0.15, 0.2) is 52.6 Å². The highest BCUT2D eigenvalue weighted by molar-refractivity contribution is 6.16. The van der Waals surface area contributed by atoms with E-state index in [4.69, 9.17) is 15.1 Å². The molecule has 0 radical (unpaired) electrons. The molecular weight excluding hydrogens is 362 g/mol. The van der Waals surface area contributed by atoms with Gasteiger partial charge < -0.3 is 4.74 Å². The molecule has 0 unspecified atom stereocenters. The zero-order valence-electron chi connectivity index (χ0n) is 17.7. The van der Waals surface area contributed by atoms with Crippen molar-refractivity contribution in [1.82, 2.24) is 0 Å². The van der Waals surface area contributed by atoms with E-state index in [0.29, 0.717) is 5.56 Å². The molecule has 0 saturated heterocycles. The summed E-state index contributed by atoms with van der Waals surface area (Å²) >= 11 is 0. The molecule has 2 aliphatic rings. The van der Waals surface area contributed by atoms with Crippen LogP contribution < -0.4 is 4.74 Å². The quantitative estimate of drug-likeness (QED) is 0.577. The maximum atomic E-state index is 12.8. The predicted octanol–water partition coefficient (Wildman–Crippen LogP) is 4.88. The first-order valence-electron chi connectivity index (χ1n) is 9.84. The Kier molecular flexibility index (Phi) is 5.32. The van der Waals surface area contributed by atoms with Gasteiger partial charge in [-0.15, -0.1) is 0 Å². The largest absolute Gasteiger partial charge is 0.497 e. The first-order valence-corrected chi connectivity index (χ1v) is 9.84. The first kappa shape index (κ1) is 20.7. The average molecular weight is 389 g/mol. The van der Waals surface area contributed by atoms with Gasteiger partial charge in [0.1, 0.15) is 11.8 Å². The molecule has 1 aromatic rings. The van der Waals surface area contributed by atoms with E-state index in [2.05, 4.69) is 6.07 Å². The number of rotatable bonds is 2. The van der Waals surface area contributed by atoms with E-state index < -0.39 is 10.8 Å². The van der Waals surface area contributed by atoms with Crippen molar-refractivity contribution >= 4 is 17.3 Å². The zero-order valence-corrected chi connectivity index (χ0v) is 17.7. The Morgan fingerprint density at radius 3 is 2.52 bits per heavy atom. The number of ketones is 1. The number of allylic oxidation sites excluding steroid dienone is 4. The smallest absolute Gasteiger partial charge is 0.178 e. The predicted molar refractivity (Wildman–Crippen MR) is 114 cm³/mol. The van der Waals surface area contributed by atoms with Crippen LogP contribution in [0.4, 0.5) is 0 Å². The maximum Gasteiger partial charge on any atom is 0.178 e. The summed E-state index contributed by atoms with van der Waals surface area (Å²) in [4.78, 5) is 17.6. The van der Waals surface area contributed by atoms with Gasteiger partial charge in [0.05, 0.1) is 18.4 Å². The SMILES string of the molecule is C/C=C1/CC[C@H]2C(C)(C)C(=O)C(C#N)=C[C@]2(C)/C1=N/C(=N)c1ccc(OC)cc1. The molecule has 0 aliphatic heterocycles. The van der Waals surface area contributed by atoms with Crippen molar-refractivity contribution in [2.45, 2.75) is 40.5 Å². The van der Waals surface area contributed by atoms with Gasteiger partial charge in [-0.1, -0.05) is 32.9 Å². The summed E-state index contributed by atoms with van der Waals surface area (Å²) in [5.74, 6) is 0.800. The Morgan fingerprint density at radius 2 is 1.97 bits per heavy atom. The second-order valence-corrected chi connectivity index (χ2v) is 8.45. The fourth-order valence-corrected chi connectivity index (χ4v) is 4.86. The molecule has 0 aromatic heterocycles. The summed E-state index contributed by atoms with van der Waals surface area (Å²) in [6.07, 6.45) is 5.47. The number of aliphatic imine (C=N–C) groups is 1. The molecule has 150 valence electrons. The molecule has 5 heteroatoms. The lowest BCUT2D eigenvalue weighted by molar-refractivity contribution is -0.128. The molecule has 29 heavy (non-hydrogen) atoms. The number of ether oxygens (including phenoxy) is 1. The molecule has 1 fully saturated rings. The third-order valence-electron chi connectivity index (χ3n) is 6.44. The summed E-state index contributed by atoms with van der Waals surface area (Å²) in [5, 5.41) is 18.1. The number of amidine groups is 1. The van der Waals surface area contributed by atoms with Gasteiger partial charge in [0.2, 0.25) is 0 Å². The van der Waals surface area contributed by atoms with Crippen LogP contribution >= 0.6 is 0 Å². The molecule has 1 saturated carbocycles. The molecule has 1 N–H and O–H groups in total. The van der Waals surface area contributed by atoms with Crippen molar-refractivity contribution in [2.24, 2.45) is 21.7 Å². The molecule has 0 bridgehead atoms. The van der Waals surface area contributed by atoms with Crippen molar-refractivity contribution < 1.29 is 9.53 Å². The van der Waals surface area contributed by atoms with Gasteiger partial charge in [-0.25, -0.2) is 4.99 Å². The van der Waals surface area contributed by atoms with Gasteiger partial charge in [-0.3, -0.25) is 10.2 Å². The molecule has 3 rings (SSSR count). The minimum Gasteiger partial charge on any atom is -0.497 e. The lowest BCUT2D eigenvalue weighted by atomic mass is 9.51. The number of carbonyl (C=O) groups is 1. The first-order chi connectivity index (χ1) is 13.7. The van der Waals surface area contributed by atoms with Crippen molar-refractivity contribution in [1.29, 1.82) is 10.7 Å². The van der Waals surface area contributed by atoms with E-state index in [0.717, 1.165) is 29.9 Å². The van der Waals surface area contributed by atoms with Crippen molar-refractivity contribution in [2.75, 3.05) is 7.11 Å². The van der Waals surface area contributed by atoms with Crippen LogP contribution in [0, 0.1) is 33.5 Å². The molecule has 0 heterocycles. The Hall–Kier alpha value is -3.00. The van der Waals surface area contributed by atoms with Crippen LogP contribution in [0.1, 0.15) is 46.1 Å². The van der Waals surface area contributed by atoms with Crippen LogP contribution in [-0.2, 0) is 4.79 Å². The monoisotopic (exact) mass is 389 g/mol. The Bertz CT molecular complexity index is 990. The van der Waals surface area contributed by atoms with E-state index in [1.807, 2.05) is 58.0 Å². The number of nitriles is 1. The van der Waals surface area contributed by atoms with Gasteiger partial charge in [0.15, 0.2) is 11.6 Å². The molecule has 2 aliphatic carbocycles. The number of nitrogens with zero attached hydrogens (tertiary/aromatic N) is 2. The number of carbonyl (C=O) groups excluding carboxylic acids is 1. The van der Waals surface area contributed by atoms with Crippen molar-refractivity contribution in [3.05, 3.63) is 53.1 Å². The minimum absolute atomic E-state index is 0.0192. The summed E-state index contributed by atoms with van der Waals surface area (Å²) < 4.78 is 5.19. The van der Waals surface area contributed by atoms with Gasteiger partial charge in [-0.05, 0) is 55.5 Å². The summed E-state index contributed by atoms with van der Waals surface area (Å²) in [5.41, 5.74) is 1.49. The van der Waals surface area contributed by atoms with E-state index in [9.17, 15) is 10.1 Å². The summed E-state index contributed by atoms with van der Waals surface area (Å²) in [6, 6.07) is 9.33. The van der Waals surface area contributed by atoms with Crippen LogP contribution in [0.25, 0.3) is 0 Å². The topological polar surface area (TPSA) is 86.3 Å². The van der Waals surface area contributed by atoms with E-state index >= 15 is 0 Å². The van der Waals surface area contributed by atoms with Crippen LogP contribution in [0.2, 0.25) is 0 Å². The number of fused-ring (bicyclic) bond motifs is 1. The summed E-state index contributed by atoms with van der Waals surface area (Å²) in [6.45, 7) is 7.87. The Labute approximate surface area is 172 Å². The van der Waals surface area contributed by atoms with Gasteiger partial charge in [0, 0.05) is 16.4 Å². The second kappa shape index (κ2) is 7.44. The number of nitrogens with one attached hydrogen (secondary N) is 1. The minimum atomic E-state index is -0.656. The van der Waals surface area contributed by atoms with Crippen LogP contribution in [0.3, 0.4) is 0 Å². The Balaban J connectivity index is 2.15. The molecule has 2 atom stereocenters. The van der Waals surface area contributed by atoms with Crippen LogP contribution in [-0.4, -0.2) is 24.4 Å². The highest BCUT2D eigenvalue weighted by Gasteiger charge is 2.55. The normalized spacial score (nSPS) is 28.5. The molecule has 0 spiro atoms. The standard InChI is InChI=1S/C24H27N3O2/c1-6-15-9-12-19-23(2,3)21(28)17(14-25)13-24(19,4)20(15)27-22(26)16-7-10-18(29-5)11-8-16/h6-8,10-11,13,19,26H,9,12H2,1-5H3/b15-6-,26-22?,27-20+/t19-,24-/m0/s1. The average Bonchev–Trinajstić information content (AvgIpc) is 2.71. The van der Waals surface area contributed by atoms with Crippen LogP contribution in [0.5, 0.6) is 5.75 Å². The molecule has 0 amide bonds. The Morgan fingerprint density at radius 1 is 1.31 bits per heavy atom. The third-order valence-corrected chi connectivity index (χ3v) is 6.44. The number of benzene rings is 1. The van der Waals surface area contributed by atoms with Crippen molar-refractivity contribution in [3.63, 3.8) is 0 Å². The summed E-state index contributed by atoms with van der Waals surface area (Å²) in [7, 11) is 1.60. The zero-order chi connectivity index (χ0) is 21.4. The van der Waals surface area contributed by atoms with Gasteiger partial charge in [-0.2, -0.15) is 5.26 Å².